The van der Waals surface area contributed by atoms with E-state index in [0.29, 0.717) is 23.6 Å². The molecule has 0 fully saturated rings. The Balaban J connectivity index is 1.83. The monoisotopic (exact) mass is 316 g/mol. The summed E-state index contributed by atoms with van der Waals surface area (Å²) >= 11 is 0. The fourth-order valence-electron chi connectivity index (χ4n) is 2.81. The van der Waals surface area contributed by atoms with Crippen LogP contribution in [0.4, 0.5) is 10.1 Å². The Hall–Kier alpha value is -2.63. The van der Waals surface area contributed by atoms with Gasteiger partial charge >= 0.3 is 0 Å². The number of amides is 2. The summed E-state index contributed by atoms with van der Waals surface area (Å²) in [6.07, 6.45) is 0.0546. The van der Waals surface area contributed by atoms with Crippen LogP contribution in [0.1, 0.15) is 29.4 Å². The van der Waals surface area contributed by atoms with Crippen LogP contribution in [0.2, 0.25) is 0 Å². The molecule has 23 heavy (non-hydrogen) atoms. The molecule has 2 amide bonds. The maximum Gasteiger partial charge on any atom is 0.230 e. The lowest BCUT2D eigenvalue weighted by atomic mass is 9.89. The van der Waals surface area contributed by atoms with E-state index in [9.17, 15) is 14.0 Å². The summed E-state index contributed by atoms with van der Waals surface area (Å²) in [6, 6.07) is 7.74. The Labute approximate surface area is 133 Å². The van der Waals surface area contributed by atoms with Crippen LogP contribution in [-0.2, 0) is 16.1 Å². The molecule has 0 aliphatic carbocycles. The summed E-state index contributed by atoms with van der Waals surface area (Å²) in [5.74, 6) is -0.0842. The van der Waals surface area contributed by atoms with E-state index in [1.807, 2.05) is 19.1 Å². The Kier molecular flexibility index (Phi) is 3.90. The van der Waals surface area contributed by atoms with E-state index in [1.165, 1.54) is 17.0 Å². The number of fused-ring (bicyclic) bond motifs is 1. The number of halogens is 1. The first-order valence-corrected chi connectivity index (χ1v) is 7.33. The van der Waals surface area contributed by atoms with Gasteiger partial charge in [0.05, 0.1) is 12.5 Å². The van der Waals surface area contributed by atoms with Gasteiger partial charge in [0, 0.05) is 19.2 Å². The second kappa shape index (κ2) is 5.87. The van der Waals surface area contributed by atoms with Gasteiger partial charge in [-0.2, -0.15) is 0 Å². The van der Waals surface area contributed by atoms with Crippen molar-refractivity contribution in [2.75, 3.05) is 12.4 Å². The van der Waals surface area contributed by atoms with Gasteiger partial charge in [-0.1, -0.05) is 6.07 Å². The summed E-state index contributed by atoms with van der Waals surface area (Å²) in [5, 5.41) is 2.61. The number of nitrogens with one attached hydrogen (secondary N) is 1. The molecule has 1 aliphatic heterocycles. The van der Waals surface area contributed by atoms with E-state index in [-0.39, 0.29) is 18.2 Å². The van der Waals surface area contributed by atoms with Gasteiger partial charge in [0.1, 0.15) is 17.3 Å². The number of carbonyl (C=O) groups excluding carboxylic acids is 2. The van der Waals surface area contributed by atoms with Gasteiger partial charge in [-0.3, -0.25) is 9.59 Å². The van der Waals surface area contributed by atoms with Crippen LogP contribution in [0.25, 0.3) is 0 Å². The maximum atomic E-state index is 13.3. The summed E-state index contributed by atoms with van der Waals surface area (Å²) < 4.78 is 18.8. The summed E-state index contributed by atoms with van der Waals surface area (Å²) in [5.41, 5.74) is 1.00. The van der Waals surface area contributed by atoms with Crippen molar-refractivity contribution in [1.29, 1.82) is 0 Å². The van der Waals surface area contributed by atoms with E-state index < -0.39 is 11.7 Å². The molecule has 1 aromatic heterocycles. The quantitative estimate of drug-likeness (QED) is 0.947. The summed E-state index contributed by atoms with van der Waals surface area (Å²) in [6.45, 7) is 2.16. The van der Waals surface area contributed by atoms with Gasteiger partial charge in [-0.15, -0.1) is 0 Å². The van der Waals surface area contributed by atoms with Crippen LogP contribution < -0.4 is 5.32 Å². The number of hydrogen-bond donors (Lipinski definition) is 1. The molecule has 1 atom stereocenters. The van der Waals surface area contributed by atoms with Crippen molar-refractivity contribution in [1.82, 2.24) is 4.90 Å². The van der Waals surface area contributed by atoms with Gasteiger partial charge in [-0.05, 0) is 36.8 Å². The van der Waals surface area contributed by atoms with E-state index in [1.54, 1.807) is 13.1 Å². The van der Waals surface area contributed by atoms with Crippen molar-refractivity contribution in [2.24, 2.45) is 0 Å². The lowest BCUT2D eigenvalue weighted by Gasteiger charge is -2.28. The molecule has 0 saturated carbocycles. The third-order valence-electron chi connectivity index (χ3n) is 3.92. The Morgan fingerprint density at radius 3 is 2.87 bits per heavy atom. The van der Waals surface area contributed by atoms with Gasteiger partial charge in [0.2, 0.25) is 11.8 Å². The summed E-state index contributed by atoms with van der Waals surface area (Å²) in [7, 11) is 1.66. The van der Waals surface area contributed by atoms with Crippen LogP contribution >= 0.6 is 0 Å². The van der Waals surface area contributed by atoms with Crippen molar-refractivity contribution in [3.8, 4) is 0 Å². The molecule has 5 nitrogen and oxygen atoms in total. The molecular formula is C17H17FN2O3. The predicted octanol–water partition coefficient (Wildman–Crippen LogP) is 2.81. The first-order valence-electron chi connectivity index (χ1n) is 7.33. The molecule has 0 radical (unpaired) electrons. The van der Waals surface area contributed by atoms with Crippen molar-refractivity contribution in [3.63, 3.8) is 0 Å². The molecular weight excluding hydrogens is 299 g/mol. The van der Waals surface area contributed by atoms with Gasteiger partial charge < -0.3 is 14.6 Å². The van der Waals surface area contributed by atoms with Crippen molar-refractivity contribution >= 4 is 17.5 Å². The van der Waals surface area contributed by atoms with E-state index in [4.69, 9.17) is 4.42 Å². The smallest absolute Gasteiger partial charge is 0.230 e. The zero-order valence-corrected chi connectivity index (χ0v) is 12.9. The maximum absolute atomic E-state index is 13.3. The third kappa shape index (κ3) is 3.11. The van der Waals surface area contributed by atoms with Gasteiger partial charge in [0.25, 0.3) is 0 Å². The standard InChI is InChI=1S/C17H17FN2O3/c1-10-3-5-12(23-10)9-20(2)17(22)14-8-16(21)19-15-7-11(18)4-6-13(14)15/h3-7,14H,8-9H2,1-2H3,(H,19,21)/t14-/m1/s1. The minimum atomic E-state index is -0.611. The molecule has 120 valence electrons. The topological polar surface area (TPSA) is 62.6 Å². The highest BCUT2D eigenvalue weighted by atomic mass is 19.1. The fourth-order valence-corrected chi connectivity index (χ4v) is 2.81. The molecule has 1 aliphatic rings. The average Bonchev–Trinajstić information content (AvgIpc) is 2.90. The lowest BCUT2D eigenvalue weighted by molar-refractivity contribution is -0.134. The number of anilines is 1. The molecule has 6 heteroatoms. The number of hydrogen-bond acceptors (Lipinski definition) is 3. The minimum absolute atomic E-state index is 0.0546. The number of furan rings is 1. The highest BCUT2D eigenvalue weighted by Gasteiger charge is 2.32. The van der Waals surface area contributed by atoms with Gasteiger partial charge in [0.15, 0.2) is 0 Å². The number of nitrogens with zero attached hydrogens (tertiary/aromatic N) is 1. The second-order valence-electron chi connectivity index (χ2n) is 5.74. The zero-order valence-electron chi connectivity index (χ0n) is 12.9. The van der Waals surface area contributed by atoms with Crippen LogP contribution in [0, 0.1) is 12.7 Å². The minimum Gasteiger partial charge on any atom is -0.464 e. The highest BCUT2D eigenvalue weighted by molar-refractivity contribution is 6.01. The molecule has 2 aromatic rings. The number of carbonyl (C=O) groups is 2. The Bertz CT molecular complexity index is 769. The van der Waals surface area contributed by atoms with Crippen molar-refractivity contribution in [3.05, 3.63) is 53.2 Å². The molecule has 2 heterocycles. The number of rotatable bonds is 3. The van der Waals surface area contributed by atoms with Crippen LogP contribution in [-0.4, -0.2) is 23.8 Å². The van der Waals surface area contributed by atoms with E-state index >= 15 is 0 Å². The first kappa shape index (κ1) is 15.3. The molecule has 0 spiro atoms. The highest BCUT2D eigenvalue weighted by Crippen LogP contribution is 2.34. The van der Waals surface area contributed by atoms with Crippen LogP contribution in [0.15, 0.2) is 34.7 Å². The Morgan fingerprint density at radius 1 is 1.39 bits per heavy atom. The van der Waals surface area contributed by atoms with Crippen molar-refractivity contribution in [2.45, 2.75) is 25.8 Å². The lowest BCUT2D eigenvalue weighted by Crippen LogP contribution is -2.36. The van der Waals surface area contributed by atoms with E-state index in [0.717, 1.165) is 5.76 Å². The predicted molar refractivity (Wildman–Crippen MR) is 82.3 cm³/mol. The zero-order chi connectivity index (χ0) is 16.6. The van der Waals surface area contributed by atoms with Gasteiger partial charge in [-0.25, -0.2) is 4.39 Å². The van der Waals surface area contributed by atoms with E-state index in [2.05, 4.69) is 5.32 Å². The second-order valence-corrected chi connectivity index (χ2v) is 5.74. The normalized spacial score (nSPS) is 16.7. The molecule has 0 bridgehead atoms. The van der Waals surface area contributed by atoms with Crippen LogP contribution in [0.3, 0.4) is 0 Å². The summed E-state index contributed by atoms with van der Waals surface area (Å²) in [4.78, 5) is 26.0. The molecule has 0 unspecified atom stereocenters. The number of benzene rings is 1. The fraction of sp³-hybridized carbons (Fsp3) is 0.294. The van der Waals surface area contributed by atoms with Crippen LogP contribution in [0.5, 0.6) is 0 Å². The van der Waals surface area contributed by atoms with Crippen molar-refractivity contribution < 1.29 is 18.4 Å². The molecule has 1 aromatic carbocycles. The number of likely N-dealkylation sites (N-methyl/N-ethyl adjacent to an activating group) is 1. The molecule has 1 N–H and O–H groups in total. The number of aryl methyl sites for hydroxylation is 1. The third-order valence-corrected chi connectivity index (χ3v) is 3.92. The Morgan fingerprint density at radius 2 is 2.17 bits per heavy atom. The SMILES string of the molecule is Cc1ccc(CN(C)C(=O)[C@@H]2CC(=O)Nc3cc(F)ccc32)o1. The largest absolute Gasteiger partial charge is 0.464 e. The average molecular weight is 316 g/mol. The molecule has 0 saturated heterocycles. The first-order chi connectivity index (χ1) is 10.9. The molecule has 3 rings (SSSR count).